The first kappa shape index (κ1) is 27.8. The van der Waals surface area contributed by atoms with Crippen LogP contribution in [0, 0.1) is 19.7 Å². The van der Waals surface area contributed by atoms with E-state index in [-0.39, 0.29) is 51.0 Å². The number of aromatic nitrogens is 1. The third-order valence-electron chi connectivity index (χ3n) is 6.62. The number of rotatable bonds is 8. The Morgan fingerprint density at radius 1 is 1.15 bits per heavy atom. The van der Waals surface area contributed by atoms with Crippen LogP contribution in [-0.2, 0) is 16.6 Å². The molecule has 0 aliphatic heterocycles. The quantitative estimate of drug-likeness (QED) is 0.381. The van der Waals surface area contributed by atoms with Gasteiger partial charge in [-0.3, -0.25) is 28.6 Å². The molecule has 9 nitrogen and oxygen atoms in total. The van der Waals surface area contributed by atoms with E-state index in [1.54, 1.807) is 24.9 Å². The summed E-state index contributed by atoms with van der Waals surface area (Å²) in [7, 11) is 3.13. The van der Waals surface area contributed by atoms with Crippen molar-refractivity contribution in [2.24, 2.45) is 7.05 Å². The molecule has 0 spiro atoms. The number of aryl methyl sites for hydroxylation is 1. The number of nitrogens with one attached hydrogen (secondary N) is 2. The minimum atomic E-state index is -0.569. The molecule has 0 unspecified atom stereocenters. The Kier molecular flexibility index (Phi) is 7.78. The molecule has 1 heterocycles. The average Bonchev–Trinajstić information content (AvgIpc) is 3.71. The molecule has 39 heavy (non-hydrogen) atoms. The van der Waals surface area contributed by atoms with Gasteiger partial charge in [-0.2, -0.15) is 0 Å². The molecule has 1 aliphatic rings. The number of pyridine rings is 1. The Labute approximate surface area is 230 Å². The molecule has 204 valence electrons. The second-order valence-corrected chi connectivity index (χ2v) is 10.1. The molecule has 1 fully saturated rings. The van der Waals surface area contributed by atoms with Gasteiger partial charge in [0.1, 0.15) is 17.2 Å². The first-order valence-electron chi connectivity index (χ1n) is 12.3. The number of hydrogen-bond acceptors (Lipinski definition) is 5. The number of nitrogens with zero attached hydrogens (tertiary/aromatic N) is 3. The summed E-state index contributed by atoms with van der Waals surface area (Å²) in [4.78, 5) is 54.4. The lowest BCUT2D eigenvalue weighted by Gasteiger charge is -2.29. The fourth-order valence-corrected chi connectivity index (χ4v) is 4.69. The summed E-state index contributed by atoms with van der Waals surface area (Å²) in [5.41, 5.74) is 0.948. The molecule has 0 radical (unpaired) electrons. The summed E-state index contributed by atoms with van der Waals surface area (Å²) >= 11 is 6.30. The second kappa shape index (κ2) is 10.9. The van der Waals surface area contributed by atoms with E-state index >= 15 is 0 Å². The Hall–Kier alpha value is -4.18. The fraction of sp³-hybridized carbons (Fsp3) is 0.286. The number of benzene rings is 2. The maximum atomic E-state index is 14.9. The van der Waals surface area contributed by atoms with Crippen molar-refractivity contribution in [3.8, 4) is 0 Å². The number of carbonyl (C=O) groups excluding carboxylic acids is 3. The van der Waals surface area contributed by atoms with E-state index in [4.69, 9.17) is 11.6 Å². The minimum absolute atomic E-state index is 0.00840. The summed E-state index contributed by atoms with van der Waals surface area (Å²) in [5.74, 6) is -1.34. The maximum absolute atomic E-state index is 14.9. The fourth-order valence-electron chi connectivity index (χ4n) is 4.46. The number of carbonyl (C=O) groups is 3. The molecule has 3 amide bonds. The van der Waals surface area contributed by atoms with Gasteiger partial charge in [-0.15, -0.1) is 0 Å². The van der Waals surface area contributed by atoms with E-state index in [0.717, 1.165) is 17.7 Å². The zero-order valence-corrected chi connectivity index (χ0v) is 23.0. The second-order valence-electron chi connectivity index (χ2n) is 9.67. The highest BCUT2D eigenvalue weighted by Crippen LogP contribution is 2.39. The van der Waals surface area contributed by atoms with Gasteiger partial charge in [0.2, 0.25) is 12.3 Å². The lowest BCUT2D eigenvalue weighted by atomic mass is 10.1. The van der Waals surface area contributed by atoms with Crippen LogP contribution in [0.15, 0.2) is 41.2 Å². The summed E-state index contributed by atoms with van der Waals surface area (Å²) in [6.45, 7) is 4.58. The minimum Gasteiger partial charge on any atom is -0.339 e. The van der Waals surface area contributed by atoms with Crippen molar-refractivity contribution in [2.75, 3.05) is 22.6 Å². The highest BCUT2D eigenvalue weighted by atomic mass is 35.5. The van der Waals surface area contributed by atoms with Crippen LogP contribution < -0.4 is 21.1 Å². The monoisotopic (exact) mass is 553 g/mol. The van der Waals surface area contributed by atoms with Gasteiger partial charge in [-0.25, -0.2) is 4.39 Å². The van der Waals surface area contributed by atoms with Gasteiger partial charge >= 0.3 is 0 Å². The molecule has 2 aromatic carbocycles. The van der Waals surface area contributed by atoms with Crippen molar-refractivity contribution in [1.82, 2.24) is 9.47 Å². The largest absolute Gasteiger partial charge is 0.339 e. The van der Waals surface area contributed by atoms with Crippen molar-refractivity contribution in [3.63, 3.8) is 0 Å². The third-order valence-corrected chi connectivity index (χ3v) is 6.84. The lowest BCUT2D eigenvalue weighted by Crippen LogP contribution is -2.35. The van der Waals surface area contributed by atoms with Crippen LogP contribution in [-0.4, -0.2) is 40.8 Å². The lowest BCUT2D eigenvalue weighted by molar-refractivity contribution is -0.114. The molecule has 2 N–H and O–H groups in total. The van der Waals surface area contributed by atoms with Crippen LogP contribution >= 0.6 is 11.6 Å². The van der Waals surface area contributed by atoms with Gasteiger partial charge in [0.05, 0.1) is 17.1 Å². The summed E-state index contributed by atoms with van der Waals surface area (Å²) < 4.78 is 16.1. The molecule has 1 aromatic heterocycles. The predicted molar refractivity (Wildman–Crippen MR) is 150 cm³/mol. The predicted octanol–water partition coefficient (Wildman–Crippen LogP) is 5.03. The number of halogens is 2. The summed E-state index contributed by atoms with van der Waals surface area (Å²) in [6, 6.07) is 9.04. The van der Waals surface area contributed by atoms with Crippen LogP contribution in [0.25, 0.3) is 0 Å². The highest BCUT2D eigenvalue weighted by molar-refractivity contribution is 6.31. The van der Waals surface area contributed by atoms with Crippen molar-refractivity contribution >= 4 is 58.4 Å². The molecule has 0 saturated heterocycles. The van der Waals surface area contributed by atoms with Gasteiger partial charge in [0.15, 0.2) is 0 Å². The van der Waals surface area contributed by atoms with E-state index in [2.05, 4.69) is 10.6 Å². The zero-order chi connectivity index (χ0) is 28.6. The van der Waals surface area contributed by atoms with Crippen LogP contribution in [0.2, 0.25) is 5.02 Å². The van der Waals surface area contributed by atoms with Crippen LogP contribution in [0.3, 0.4) is 0 Å². The Bertz CT molecular complexity index is 1550. The highest BCUT2D eigenvalue weighted by Gasteiger charge is 2.35. The van der Waals surface area contributed by atoms with Gasteiger partial charge < -0.3 is 15.5 Å². The SMILES string of the molecule is CC(=O)Nc1cc(Cl)cc(N(C=O)c2c(C(=O)N(C)C3CC3)c(Nc3ccc(C)cc3F)n(C)c(=O)c2C)c1. The van der Waals surface area contributed by atoms with E-state index in [9.17, 15) is 23.6 Å². The first-order chi connectivity index (χ1) is 18.4. The normalized spacial score (nSPS) is 12.6. The van der Waals surface area contributed by atoms with E-state index in [1.807, 2.05) is 0 Å². The summed E-state index contributed by atoms with van der Waals surface area (Å²) in [6.07, 6.45) is 2.11. The van der Waals surface area contributed by atoms with Crippen LogP contribution in [0.1, 0.15) is 41.3 Å². The van der Waals surface area contributed by atoms with Crippen LogP contribution in [0.4, 0.5) is 33.0 Å². The molecule has 0 atom stereocenters. The number of hydrogen-bond donors (Lipinski definition) is 2. The van der Waals surface area contributed by atoms with Crippen molar-refractivity contribution < 1.29 is 18.8 Å². The topological polar surface area (TPSA) is 104 Å². The number of amides is 3. The van der Waals surface area contributed by atoms with Crippen LogP contribution in [0.5, 0.6) is 0 Å². The maximum Gasteiger partial charge on any atom is 0.259 e. The smallest absolute Gasteiger partial charge is 0.259 e. The zero-order valence-electron chi connectivity index (χ0n) is 22.3. The standard InChI is InChI=1S/C28H29ClFN5O4/c1-15-6-9-23(22(30)10-15)32-26-24(28(39)33(4)20-7-8-20)25(16(2)27(38)34(26)5)35(14-36)21-12-18(29)11-19(13-21)31-17(3)37/h6,9-14,20,32H,7-8H2,1-5H3,(H,31,37). The molecular weight excluding hydrogens is 525 g/mol. The summed E-state index contributed by atoms with van der Waals surface area (Å²) in [5, 5.41) is 5.77. The van der Waals surface area contributed by atoms with E-state index in [0.29, 0.717) is 17.7 Å². The van der Waals surface area contributed by atoms with Crippen molar-refractivity contribution in [3.05, 3.63) is 74.3 Å². The van der Waals surface area contributed by atoms with Gasteiger partial charge in [0, 0.05) is 43.3 Å². The van der Waals surface area contributed by atoms with E-state index in [1.165, 1.54) is 55.8 Å². The molecule has 0 bridgehead atoms. The molecule has 11 heteroatoms. The first-order valence-corrected chi connectivity index (χ1v) is 12.7. The van der Waals surface area contributed by atoms with E-state index < -0.39 is 17.3 Å². The Morgan fingerprint density at radius 3 is 2.44 bits per heavy atom. The molecule has 3 aromatic rings. The van der Waals surface area contributed by atoms with Gasteiger partial charge in [-0.05, 0) is 62.6 Å². The van der Waals surface area contributed by atoms with Crippen molar-refractivity contribution in [1.29, 1.82) is 0 Å². The number of anilines is 5. The molecule has 1 saturated carbocycles. The Balaban J connectivity index is 2.00. The van der Waals surface area contributed by atoms with Gasteiger partial charge in [-0.1, -0.05) is 17.7 Å². The van der Waals surface area contributed by atoms with Crippen molar-refractivity contribution in [2.45, 2.75) is 39.7 Å². The third kappa shape index (κ3) is 5.65. The van der Waals surface area contributed by atoms with Gasteiger partial charge in [0.25, 0.3) is 11.5 Å². The average molecular weight is 554 g/mol. The molecule has 4 rings (SSSR count). The molecule has 1 aliphatic carbocycles. The molecular formula is C28H29ClFN5O4. The Morgan fingerprint density at radius 2 is 1.85 bits per heavy atom.